The Morgan fingerprint density at radius 1 is 1.18 bits per heavy atom. The van der Waals surface area contributed by atoms with Gasteiger partial charge in [-0.3, -0.25) is 0 Å². The number of hydrogen-bond donors (Lipinski definition) is 2. The maximum absolute atomic E-state index is 5.98. The van der Waals surface area contributed by atoms with Crippen LogP contribution in [0, 0.1) is 0 Å². The lowest BCUT2D eigenvalue weighted by Crippen LogP contribution is -2.40. The van der Waals surface area contributed by atoms with Crippen LogP contribution in [0.25, 0.3) is 0 Å². The van der Waals surface area contributed by atoms with E-state index >= 15 is 0 Å². The molecule has 0 heterocycles. The number of rotatable bonds is 5. The predicted octanol–water partition coefficient (Wildman–Crippen LogP) is 3.58. The van der Waals surface area contributed by atoms with Crippen molar-refractivity contribution < 1.29 is 0 Å². The molecular formula is C13H20BrClN2. The lowest BCUT2D eigenvalue weighted by molar-refractivity contribution is 0.421. The van der Waals surface area contributed by atoms with Crippen LogP contribution < -0.4 is 10.6 Å². The molecule has 2 nitrogen and oxygen atoms in total. The summed E-state index contributed by atoms with van der Waals surface area (Å²) in [6, 6.07) is 5.96. The smallest absolute Gasteiger partial charge is 0.0420 e. The molecular weight excluding hydrogens is 300 g/mol. The highest BCUT2D eigenvalue weighted by atomic mass is 79.9. The van der Waals surface area contributed by atoms with E-state index in [2.05, 4.69) is 53.4 Å². The summed E-state index contributed by atoms with van der Waals surface area (Å²) < 4.78 is 1.02. The van der Waals surface area contributed by atoms with Crippen molar-refractivity contribution in [1.29, 1.82) is 0 Å². The van der Waals surface area contributed by atoms with Crippen LogP contribution in [-0.2, 0) is 6.54 Å². The third kappa shape index (κ3) is 7.04. The van der Waals surface area contributed by atoms with Crippen LogP contribution in [0.3, 0.4) is 0 Å². The minimum Gasteiger partial charge on any atom is -0.311 e. The molecule has 0 atom stereocenters. The maximum Gasteiger partial charge on any atom is 0.0420 e. The molecule has 1 aromatic rings. The van der Waals surface area contributed by atoms with E-state index in [1.54, 1.807) is 0 Å². The fourth-order valence-electron chi connectivity index (χ4n) is 1.47. The van der Waals surface area contributed by atoms with Crippen molar-refractivity contribution in [2.45, 2.75) is 32.9 Å². The van der Waals surface area contributed by atoms with Crippen molar-refractivity contribution in [3.05, 3.63) is 33.3 Å². The van der Waals surface area contributed by atoms with E-state index in [4.69, 9.17) is 11.6 Å². The third-order valence-electron chi connectivity index (χ3n) is 2.21. The first-order chi connectivity index (χ1) is 7.87. The van der Waals surface area contributed by atoms with Gasteiger partial charge in [0.1, 0.15) is 0 Å². The van der Waals surface area contributed by atoms with Crippen LogP contribution in [0.2, 0.25) is 5.02 Å². The first-order valence-electron chi connectivity index (χ1n) is 5.77. The monoisotopic (exact) mass is 318 g/mol. The summed E-state index contributed by atoms with van der Waals surface area (Å²) in [5, 5.41) is 7.59. The Kier molecular flexibility index (Phi) is 5.93. The molecule has 0 aliphatic rings. The summed E-state index contributed by atoms with van der Waals surface area (Å²) in [5.74, 6) is 0. The van der Waals surface area contributed by atoms with E-state index < -0.39 is 0 Å². The van der Waals surface area contributed by atoms with Crippen molar-refractivity contribution in [2.24, 2.45) is 0 Å². The summed E-state index contributed by atoms with van der Waals surface area (Å²) in [7, 11) is 0. The van der Waals surface area contributed by atoms with Crippen molar-refractivity contribution in [3.8, 4) is 0 Å². The highest BCUT2D eigenvalue weighted by molar-refractivity contribution is 9.10. The van der Waals surface area contributed by atoms with E-state index in [-0.39, 0.29) is 5.54 Å². The zero-order chi connectivity index (χ0) is 12.9. The normalized spacial score (nSPS) is 11.8. The largest absolute Gasteiger partial charge is 0.311 e. The van der Waals surface area contributed by atoms with E-state index in [0.717, 1.165) is 29.1 Å². The average molecular weight is 320 g/mol. The first kappa shape index (κ1) is 15.0. The molecule has 0 radical (unpaired) electrons. The molecule has 0 unspecified atom stereocenters. The zero-order valence-electron chi connectivity index (χ0n) is 10.6. The van der Waals surface area contributed by atoms with Crippen LogP contribution in [0.4, 0.5) is 0 Å². The third-order valence-corrected chi connectivity index (χ3v) is 2.88. The number of halogens is 2. The molecule has 0 aliphatic heterocycles. The molecule has 17 heavy (non-hydrogen) atoms. The van der Waals surface area contributed by atoms with Crippen molar-refractivity contribution in [2.75, 3.05) is 13.1 Å². The molecule has 0 aliphatic carbocycles. The van der Waals surface area contributed by atoms with Gasteiger partial charge in [-0.1, -0.05) is 27.5 Å². The van der Waals surface area contributed by atoms with Gasteiger partial charge in [-0.25, -0.2) is 0 Å². The zero-order valence-corrected chi connectivity index (χ0v) is 13.0. The van der Waals surface area contributed by atoms with Gasteiger partial charge >= 0.3 is 0 Å². The summed E-state index contributed by atoms with van der Waals surface area (Å²) in [5.41, 5.74) is 1.38. The molecule has 0 saturated carbocycles. The van der Waals surface area contributed by atoms with Crippen molar-refractivity contribution >= 4 is 27.5 Å². The van der Waals surface area contributed by atoms with Crippen LogP contribution in [0.5, 0.6) is 0 Å². The van der Waals surface area contributed by atoms with Gasteiger partial charge in [0.25, 0.3) is 0 Å². The van der Waals surface area contributed by atoms with E-state index in [1.165, 1.54) is 5.56 Å². The lowest BCUT2D eigenvalue weighted by atomic mass is 10.1. The Labute approximate surface area is 117 Å². The Morgan fingerprint density at radius 3 is 2.47 bits per heavy atom. The van der Waals surface area contributed by atoms with Crippen molar-refractivity contribution in [3.63, 3.8) is 0 Å². The van der Waals surface area contributed by atoms with Crippen molar-refractivity contribution in [1.82, 2.24) is 10.6 Å². The number of nitrogens with one attached hydrogen (secondary N) is 2. The van der Waals surface area contributed by atoms with E-state index in [1.807, 2.05) is 12.1 Å². The van der Waals surface area contributed by atoms with Gasteiger partial charge < -0.3 is 10.6 Å². The predicted molar refractivity (Wildman–Crippen MR) is 78.6 cm³/mol. The molecule has 0 bridgehead atoms. The molecule has 0 saturated heterocycles. The van der Waals surface area contributed by atoms with Gasteiger partial charge in [0.2, 0.25) is 0 Å². The molecule has 96 valence electrons. The molecule has 0 fully saturated rings. The SMILES string of the molecule is CC(C)(C)NCCNCc1cc(Cl)cc(Br)c1. The highest BCUT2D eigenvalue weighted by Gasteiger charge is 2.06. The Balaban J connectivity index is 2.27. The minimum atomic E-state index is 0.181. The molecule has 2 N–H and O–H groups in total. The second-order valence-corrected chi connectivity index (χ2v) is 6.48. The van der Waals surface area contributed by atoms with Gasteiger partial charge in [-0.05, 0) is 44.5 Å². The van der Waals surface area contributed by atoms with Gasteiger partial charge in [0, 0.05) is 34.7 Å². The van der Waals surface area contributed by atoms with Crippen LogP contribution >= 0.6 is 27.5 Å². The lowest BCUT2D eigenvalue weighted by Gasteiger charge is -2.20. The Morgan fingerprint density at radius 2 is 1.88 bits per heavy atom. The van der Waals surface area contributed by atoms with Gasteiger partial charge in [0.15, 0.2) is 0 Å². The van der Waals surface area contributed by atoms with Crippen LogP contribution in [0.1, 0.15) is 26.3 Å². The summed E-state index contributed by atoms with van der Waals surface area (Å²) in [6.07, 6.45) is 0. The number of hydrogen-bond acceptors (Lipinski definition) is 2. The maximum atomic E-state index is 5.98. The second kappa shape index (κ2) is 6.74. The van der Waals surface area contributed by atoms with Gasteiger partial charge in [0.05, 0.1) is 0 Å². The highest BCUT2D eigenvalue weighted by Crippen LogP contribution is 2.19. The fraction of sp³-hybridized carbons (Fsp3) is 0.538. The quantitative estimate of drug-likeness (QED) is 0.811. The molecule has 1 aromatic carbocycles. The fourth-order valence-corrected chi connectivity index (χ4v) is 2.40. The second-order valence-electron chi connectivity index (χ2n) is 5.13. The minimum absolute atomic E-state index is 0.181. The van der Waals surface area contributed by atoms with E-state index in [9.17, 15) is 0 Å². The summed E-state index contributed by atoms with van der Waals surface area (Å²) >= 11 is 9.42. The molecule has 1 rings (SSSR count). The first-order valence-corrected chi connectivity index (χ1v) is 6.95. The molecule has 0 amide bonds. The standard InChI is InChI=1S/C13H20BrClN2/c1-13(2,3)17-5-4-16-9-10-6-11(14)8-12(15)7-10/h6-8,16-17H,4-5,9H2,1-3H3. The van der Waals surface area contributed by atoms with Crippen LogP contribution in [-0.4, -0.2) is 18.6 Å². The molecule has 0 aromatic heterocycles. The topological polar surface area (TPSA) is 24.1 Å². The summed E-state index contributed by atoms with van der Waals surface area (Å²) in [4.78, 5) is 0. The molecule has 4 heteroatoms. The Bertz CT molecular complexity index is 341. The van der Waals surface area contributed by atoms with Gasteiger partial charge in [-0.15, -0.1) is 0 Å². The summed E-state index contributed by atoms with van der Waals surface area (Å²) in [6.45, 7) is 9.25. The van der Waals surface area contributed by atoms with E-state index in [0.29, 0.717) is 0 Å². The number of benzene rings is 1. The van der Waals surface area contributed by atoms with Gasteiger partial charge in [-0.2, -0.15) is 0 Å². The molecule has 0 spiro atoms. The average Bonchev–Trinajstić information content (AvgIpc) is 2.13. The Hall–Kier alpha value is -0.0900. The van der Waals surface area contributed by atoms with Crippen LogP contribution in [0.15, 0.2) is 22.7 Å².